The molecule has 0 aliphatic heterocycles. The highest BCUT2D eigenvalue weighted by atomic mass is 35.5. The van der Waals surface area contributed by atoms with Crippen LogP contribution in [0.4, 0.5) is 0 Å². The van der Waals surface area contributed by atoms with Crippen molar-refractivity contribution < 1.29 is 4.52 Å². The van der Waals surface area contributed by atoms with E-state index in [2.05, 4.69) is 25.7 Å². The number of thioether (sulfide) groups is 1. The molecule has 7 nitrogen and oxygen atoms in total. The number of tetrazole rings is 1. The third-order valence-electron chi connectivity index (χ3n) is 3.99. The zero-order chi connectivity index (χ0) is 18.8. The van der Waals surface area contributed by atoms with Crippen LogP contribution in [0.15, 0.2) is 52.1 Å². The molecule has 0 aliphatic rings. The van der Waals surface area contributed by atoms with Crippen LogP contribution in [0.1, 0.15) is 17.0 Å². The fourth-order valence-electron chi connectivity index (χ4n) is 2.73. The molecule has 4 aromatic rings. The Morgan fingerprint density at radius 2 is 1.85 bits per heavy atom. The SMILES string of the molecule is Cc1cccc(C)c1-n1nnnc1SCc1noc(-c2ccccc2Cl)n1. The highest BCUT2D eigenvalue weighted by Crippen LogP contribution is 2.28. The monoisotopic (exact) mass is 398 g/mol. The van der Waals surface area contributed by atoms with E-state index in [-0.39, 0.29) is 0 Å². The maximum absolute atomic E-state index is 6.18. The maximum atomic E-state index is 6.18. The Kier molecular flexibility index (Phi) is 4.91. The van der Waals surface area contributed by atoms with E-state index < -0.39 is 0 Å². The Morgan fingerprint density at radius 1 is 1.07 bits per heavy atom. The van der Waals surface area contributed by atoms with Crippen LogP contribution in [0.5, 0.6) is 0 Å². The molecule has 4 rings (SSSR count). The average molecular weight is 399 g/mol. The first-order chi connectivity index (χ1) is 13.1. The molecule has 0 amide bonds. The summed E-state index contributed by atoms with van der Waals surface area (Å²) in [6.07, 6.45) is 0. The summed E-state index contributed by atoms with van der Waals surface area (Å²) in [6.45, 7) is 4.07. The molecule has 0 radical (unpaired) electrons. The lowest BCUT2D eigenvalue weighted by Gasteiger charge is -2.09. The smallest absolute Gasteiger partial charge is 0.259 e. The highest BCUT2D eigenvalue weighted by molar-refractivity contribution is 7.98. The summed E-state index contributed by atoms with van der Waals surface area (Å²) in [5.74, 6) is 1.41. The predicted molar refractivity (Wildman–Crippen MR) is 103 cm³/mol. The average Bonchev–Trinajstić information content (AvgIpc) is 3.30. The number of para-hydroxylation sites is 1. The summed E-state index contributed by atoms with van der Waals surface area (Å²) < 4.78 is 7.08. The van der Waals surface area contributed by atoms with Crippen molar-refractivity contribution in [2.45, 2.75) is 24.8 Å². The summed E-state index contributed by atoms with van der Waals surface area (Å²) >= 11 is 7.62. The van der Waals surface area contributed by atoms with Crippen molar-refractivity contribution in [1.82, 2.24) is 30.3 Å². The first-order valence-electron chi connectivity index (χ1n) is 8.19. The van der Waals surface area contributed by atoms with Crippen molar-refractivity contribution in [2.24, 2.45) is 0 Å². The van der Waals surface area contributed by atoms with Crippen LogP contribution < -0.4 is 0 Å². The molecule has 2 aromatic carbocycles. The molecule has 0 aliphatic carbocycles. The fourth-order valence-corrected chi connectivity index (χ4v) is 3.67. The second-order valence-corrected chi connectivity index (χ2v) is 7.25. The van der Waals surface area contributed by atoms with E-state index >= 15 is 0 Å². The van der Waals surface area contributed by atoms with E-state index in [1.165, 1.54) is 11.8 Å². The van der Waals surface area contributed by atoms with E-state index in [4.69, 9.17) is 16.1 Å². The molecule has 0 N–H and O–H groups in total. The molecule has 0 fully saturated rings. The van der Waals surface area contributed by atoms with Gasteiger partial charge in [-0.05, 0) is 47.5 Å². The topological polar surface area (TPSA) is 82.5 Å². The van der Waals surface area contributed by atoms with Crippen molar-refractivity contribution in [3.8, 4) is 17.1 Å². The number of aryl methyl sites for hydroxylation is 2. The van der Waals surface area contributed by atoms with Gasteiger partial charge in [-0.25, -0.2) is 0 Å². The summed E-state index contributed by atoms with van der Waals surface area (Å²) in [5.41, 5.74) is 3.90. The fraction of sp³-hybridized carbons (Fsp3) is 0.167. The van der Waals surface area contributed by atoms with Crippen LogP contribution in [-0.2, 0) is 5.75 Å². The first kappa shape index (κ1) is 17.7. The van der Waals surface area contributed by atoms with Gasteiger partial charge in [-0.2, -0.15) is 9.67 Å². The quantitative estimate of drug-likeness (QED) is 0.464. The number of halogens is 1. The number of nitrogens with zero attached hydrogens (tertiary/aromatic N) is 6. The van der Waals surface area contributed by atoms with Crippen LogP contribution in [0.2, 0.25) is 5.02 Å². The van der Waals surface area contributed by atoms with E-state index in [0.717, 1.165) is 16.8 Å². The van der Waals surface area contributed by atoms with Gasteiger partial charge >= 0.3 is 0 Å². The number of hydrogen-bond acceptors (Lipinski definition) is 7. The molecule has 0 saturated heterocycles. The van der Waals surface area contributed by atoms with Crippen molar-refractivity contribution in [1.29, 1.82) is 0 Å². The largest absolute Gasteiger partial charge is 0.334 e. The lowest BCUT2D eigenvalue weighted by Crippen LogP contribution is -2.04. The maximum Gasteiger partial charge on any atom is 0.259 e. The van der Waals surface area contributed by atoms with Crippen LogP contribution in [0, 0.1) is 13.8 Å². The minimum Gasteiger partial charge on any atom is -0.334 e. The van der Waals surface area contributed by atoms with Crippen LogP contribution in [0.3, 0.4) is 0 Å². The van der Waals surface area contributed by atoms with Crippen molar-refractivity contribution >= 4 is 23.4 Å². The normalized spacial score (nSPS) is 11.1. The van der Waals surface area contributed by atoms with Crippen molar-refractivity contribution in [2.75, 3.05) is 0 Å². The van der Waals surface area contributed by atoms with E-state index in [1.807, 2.05) is 50.2 Å². The van der Waals surface area contributed by atoms with Gasteiger partial charge in [-0.1, -0.05) is 58.9 Å². The van der Waals surface area contributed by atoms with Gasteiger partial charge in [0.1, 0.15) is 0 Å². The van der Waals surface area contributed by atoms with Crippen LogP contribution in [-0.4, -0.2) is 30.3 Å². The minimum atomic E-state index is 0.394. The van der Waals surface area contributed by atoms with Gasteiger partial charge in [0, 0.05) is 0 Å². The molecule has 0 saturated carbocycles. The van der Waals surface area contributed by atoms with Crippen LogP contribution >= 0.6 is 23.4 Å². The molecule has 9 heteroatoms. The number of benzene rings is 2. The van der Waals surface area contributed by atoms with Gasteiger partial charge < -0.3 is 4.52 Å². The van der Waals surface area contributed by atoms with Crippen molar-refractivity contribution in [3.63, 3.8) is 0 Å². The summed E-state index contributed by atoms with van der Waals surface area (Å²) in [6, 6.07) is 13.4. The molecule has 0 bridgehead atoms. The summed E-state index contributed by atoms with van der Waals surface area (Å²) in [7, 11) is 0. The molecule has 27 heavy (non-hydrogen) atoms. The molecular formula is C18H15ClN6OS. The summed E-state index contributed by atoms with van der Waals surface area (Å²) in [4.78, 5) is 4.42. The van der Waals surface area contributed by atoms with Gasteiger partial charge in [-0.3, -0.25) is 0 Å². The second kappa shape index (κ2) is 7.50. The van der Waals surface area contributed by atoms with Gasteiger partial charge in [0.15, 0.2) is 5.82 Å². The third kappa shape index (κ3) is 3.58. The Bertz CT molecular complexity index is 1070. The molecule has 0 spiro atoms. The standard InChI is InChI=1S/C18H15ClN6OS/c1-11-6-5-7-12(2)16(11)25-18(21-23-24-25)27-10-15-20-17(26-22-15)13-8-3-4-9-14(13)19/h3-9H,10H2,1-2H3. The van der Waals surface area contributed by atoms with E-state index in [0.29, 0.717) is 33.2 Å². The zero-order valence-corrected chi connectivity index (χ0v) is 16.2. The summed E-state index contributed by atoms with van der Waals surface area (Å²) in [5, 5.41) is 17.3. The van der Waals surface area contributed by atoms with Gasteiger partial charge in [0.25, 0.3) is 5.89 Å². The molecule has 0 unspecified atom stereocenters. The van der Waals surface area contributed by atoms with E-state index in [1.54, 1.807) is 10.7 Å². The Labute approximate surface area is 164 Å². The van der Waals surface area contributed by atoms with Gasteiger partial charge in [-0.15, -0.1) is 5.10 Å². The Hall–Kier alpha value is -2.71. The zero-order valence-electron chi connectivity index (χ0n) is 14.6. The lowest BCUT2D eigenvalue weighted by atomic mass is 10.1. The molecule has 0 atom stereocenters. The van der Waals surface area contributed by atoms with Gasteiger partial charge in [0.2, 0.25) is 5.16 Å². The number of hydrogen-bond donors (Lipinski definition) is 0. The number of rotatable bonds is 5. The van der Waals surface area contributed by atoms with Crippen molar-refractivity contribution in [3.05, 3.63) is 64.4 Å². The Balaban J connectivity index is 1.55. The molecule has 2 heterocycles. The molecule has 2 aromatic heterocycles. The van der Waals surface area contributed by atoms with Crippen LogP contribution in [0.25, 0.3) is 17.1 Å². The molecular weight excluding hydrogens is 384 g/mol. The number of aromatic nitrogens is 6. The third-order valence-corrected chi connectivity index (χ3v) is 5.24. The molecule has 136 valence electrons. The van der Waals surface area contributed by atoms with Gasteiger partial charge in [0.05, 0.1) is 22.0 Å². The predicted octanol–water partition coefficient (Wildman–Crippen LogP) is 4.27. The Morgan fingerprint density at radius 3 is 2.63 bits per heavy atom. The van der Waals surface area contributed by atoms with E-state index in [9.17, 15) is 0 Å². The highest BCUT2D eigenvalue weighted by Gasteiger charge is 2.16. The first-order valence-corrected chi connectivity index (χ1v) is 9.55. The minimum absolute atomic E-state index is 0.394. The lowest BCUT2D eigenvalue weighted by molar-refractivity contribution is 0.425. The second-order valence-electron chi connectivity index (χ2n) is 5.90.